The first kappa shape index (κ1) is 16.7. The zero-order valence-corrected chi connectivity index (χ0v) is 13.3. The minimum Gasteiger partial charge on any atom is -0.379 e. The molecule has 2 atom stereocenters. The molecule has 0 aromatic heterocycles. The van der Waals surface area contributed by atoms with Crippen molar-refractivity contribution in [1.82, 2.24) is 5.43 Å². The fourth-order valence-electron chi connectivity index (χ4n) is 2.30. The number of halogens is 2. The molecule has 19 heavy (non-hydrogen) atoms. The molecule has 1 rings (SSSR count). The van der Waals surface area contributed by atoms with E-state index >= 15 is 0 Å². The Morgan fingerprint density at radius 3 is 2.32 bits per heavy atom. The molecule has 0 bridgehead atoms. The number of hydrogen-bond donors (Lipinski definition) is 2. The van der Waals surface area contributed by atoms with Gasteiger partial charge in [-0.05, 0) is 29.5 Å². The third-order valence-electron chi connectivity index (χ3n) is 3.13. The van der Waals surface area contributed by atoms with Crippen molar-refractivity contribution in [2.24, 2.45) is 11.3 Å². The van der Waals surface area contributed by atoms with Crippen molar-refractivity contribution < 1.29 is 4.74 Å². The Morgan fingerprint density at radius 2 is 1.89 bits per heavy atom. The summed E-state index contributed by atoms with van der Waals surface area (Å²) in [5, 5.41) is 1.11. The first-order valence-electron chi connectivity index (χ1n) is 6.22. The Kier molecular flexibility index (Phi) is 6.09. The number of ether oxygens (including phenoxy) is 1. The molecule has 0 aliphatic heterocycles. The van der Waals surface area contributed by atoms with Crippen LogP contribution in [0.15, 0.2) is 18.2 Å². The molecular formula is C14H22Cl2N2O. The summed E-state index contributed by atoms with van der Waals surface area (Å²) in [6.45, 7) is 6.38. The van der Waals surface area contributed by atoms with Crippen LogP contribution >= 0.6 is 23.2 Å². The lowest BCUT2D eigenvalue weighted by Gasteiger charge is -2.35. The van der Waals surface area contributed by atoms with Gasteiger partial charge in [0.05, 0.1) is 22.2 Å². The normalized spacial score (nSPS) is 15.3. The lowest BCUT2D eigenvalue weighted by atomic mass is 9.82. The van der Waals surface area contributed by atoms with E-state index in [0.29, 0.717) is 10.0 Å². The number of benzene rings is 1. The number of hydrogen-bond acceptors (Lipinski definition) is 3. The van der Waals surface area contributed by atoms with E-state index in [1.807, 2.05) is 12.1 Å². The minimum absolute atomic E-state index is 0.00208. The summed E-state index contributed by atoms with van der Waals surface area (Å²) >= 11 is 11.9. The van der Waals surface area contributed by atoms with Crippen LogP contribution in [0.25, 0.3) is 0 Å². The predicted octanol–water partition coefficient (Wildman–Crippen LogP) is 3.43. The maximum atomic E-state index is 6.03. The van der Waals surface area contributed by atoms with Crippen LogP contribution in [0.2, 0.25) is 10.0 Å². The van der Waals surface area contributed by atoms with Gasteiger partial charge in [0.1, 0.15) is 0 Å². The average Bonchev–Trinajstić information content (AvgIpc) is 2.31. The van der Waals surface area contributed by atoms with Gasteiger partial charge in [0.25, 0.3) is 0 Å². The molecule has 0 amide bonds. The molecule has 1 aromatic rings. The van der Waals surface area contributed by atoms with Crippen LogP contribution in [-0.2, 0) is 11.2 Å². The van der Waals surface area contributed by atoms with Gasteiger partial charge < -0.3 is 4.74 Å². The summed E-state index contributed by atoms with van der Waals surface area (Å²) in [6.07, 6.45) is 0.718. The van der Waals surface area contributed by atoms with Crippen LogP contribution in [0.3, 0.4) is 0 Å². The predicted molar refractivity (Wildman–Crippen MR) is 81.5 cm³/mol. The van der Waals surface area contributed by atoms with Crippen molar-refractivity contribution in [2.75, 3.05) is 7.11 Å². The molecule has 3 N–H and O–H groups in total. The van der Waals surface area contributed by atoms with E-state index in [2.05, 4.69) is 26.2 Å². The molecule has 3 nitrogen and oxygen atoms in total. The van der Waals surface area contributed by atoms with Crippen LogP contribution in [0, 0.1) is 5.41 Å². The van der Waals surface area contributed by atoms with E-state index in [4.69, 9.17) is 33.8 Å². The van der Waals surface area contributed by atoms with Crippen molar-refractivity contribution in [3.8, 4) is 0 Å². The van der Waals surface area contributed by atoms with Gasteiger partial charge >= 0.3 is 0 Å². The van der Waals surface area contributed by atoms with Gasteiger partial charge in [-0.3, -0.25) is 11.3 Å². The molecule has 0 radical (unpaired) electrons. The average molecular weight is 305 g/mol. The second-order valence-electron chi connectivity index (χ2n) is 5.75. The molecule has 0 saturated carbocycles. The summed E-state index contributed by atoms with van der Waals surface area (Å²) in [5.41, 5.74) is 3.90. The van der Waals surface area contributed by atoms with Crippen LogP contribution in [0.5, 0.6) is 0 Å². The second-order valence-corrected chi connectivity index (χ2v) is 6.56. The lowest BCUT2D eigenvalue weighted by molar-refractivity contribution is -0.0110. The zero-order valence-electron chi connectivity index (χ0n) is 11.8. The lowest BCUT2D eigenvalue weighted by Crippen LogP contribution is -2.51. The quantitative estimate of drug-likeness (QED) is 0.647. The third-order valence-corrected chi connectivity index (χ3v) is 3.87. The SMILES string of the molecule is COC(C(Cc1ccc(Cl)c(Cl)c1)NN)C(C)(C)C. The van der Waals surface area contributed by atoms with Crippen LogP contribution in [0.4, 0.5) is 0 Å². The largest absolute Gasteiger partial charge is 0.379 e. The number of rotatable bonds is 5. The van der Waals surface area contributed by atoms with Crippen molar-refractivity contribution in [3.05, 3.63) is 33.8 Å². The Bertz CT molecular complexity index is 418. The summed E-state index contributed by atoms with van der Waals surface area (Å²) in [6, 6.07) is 5.62. The van der Waals surface area contributed by atoms with Gasteiger partial charge in [0.15, 0.2) is 0 Å². The summed E-state index contributed by atoms with van der Waals surface area (Å²) in [5.74, 6) is 5.67. The second kappa shape index (κ2) is 6.91. The topological polar surface area (TPSA) is 47.3 Å². The number of hydrazine groups is 1. The molecule has 5 heteroatoms. The highest BCUT2D eigenvalue weighted by atomic mass is 35.5. The van der Waals surface area contributed by atoms with Gasteiger partial charge in [-0.15, -0.1) is 0 Å². The highest BCUT2D eigenvalue weighted by Crippen LogP contribution is 2.28. The smallest absolute Gasteiger partial charge is 0.0789 e. The number of nitrogens with two attached hydrogens (primary N) is 1. The van der Waals surface area contributed by atoms with E-state index in [1.165, 1.54) is 0 Å². The van der Waals surface area contributed by atoms with Gasteiger partial charge in [-0.2, -0.15) is 0 Å². The van der Waals surface area contributed by atoms with Crippen LogP contribution in [-0.4, -0.2) is 19.3 Å². The summed E-state index contributed by atoms with van der Waals surface area (Å²) < 4.78 is 5.59. The van der Waals surface area contributed by atoms with Crippen molar-refractivity contribution in [3.63, 3.8) is 0 Å². The molecule has 0 aliphatic rings. The molecule has 0 aliphatic carbocycles. The van der Waals surface area contributed by atoms with Gasteiger partial charge in [0.2, 0.25) is 0 Å². The first-order chi connectivity index (χ1) is 8.79. The zero-order chi connectivity index (χ0) is 14.6. The van der Waals surface area contributed by atoms with Gasteiger partial charge in [-0.1, -0.05) is 50.0 Å². The Balaban J connectivity index is 2.89. The van der Waals surface area contributed by atoms with E-state index in [0.717, 1.165) is 12.0 Å². The van der Waals surface area contributed by atoms with Crippen molar-refractivity contribution >= 4 is 23.2 Å². The van der Waals surface area contributed by atoms with Crippen molar-refractivity contribution in [1.29, 1.82) is 0 Å². The molecule has 0 heterocycles. The molecule has 108 valence electrons. The molecule has 2 unspecified atom stereocenters. The first-order valence-corrected chi connectivity index (χ1v) is 6.98. The maximum Gasteiger partial charge on any atom is 0.0789 e. The molecule has 0 fully saturated rings. The van der Waals surface area contributed by atoms with Crippen LogP contribution in [0.1, 0.15) is 26.3 Å². The standard InChI is InChI=1S/C14H22Cl2N2O/c1-14(2,3)13(19-4)12(18-17)8-9-5-6-10(15)11(16)7-9/h5-7,12-13,18H,8,17H2,1-4H3. The highest BCUT2D eigenvalue weighted by molar-refractivity contribution is 6.42. The van der Waals surface area contributed by atoms with E-state index in [9.17, 15) is 0 Å². The monoisotopic (exact) mass is 304 g/mol. The highest BCUT2D eigenvalue weighted by Gasteiger charge is 2.31. The van der Waals surface area contributed by atoms with Gasteiger partial charge in [-0.25, -0.2) is 0 Å². The molecule has 0 spiro atoms. The summed E-state index contributed by atoms with van der Waals surface area (Å²) in [7, 11) is 1.70. The Labute approximate surface area is 125 Å². The van der Waals surface area contributed by atoms with E-state index in [-0.39, 0.29) is 17.6 Å². The van der Waals surface area contributed by atoms with Crippen molar-refractivity contribution in [2.45, 2.75) is 39.3 Å². The molecule has 0 saturated heterocycles. The summed E-state index contributed by atoms with van der Waals surface area (Å²) in [4.78, 5) is 0. The molecule has 1 aromatic carbocycles. The van der Waals surface area contributed by atoms with Crippen LogP contribution < -0.4 is 11.3 Å². The van der Waals surface area contributed by atoms with E-state index in [1.54, 1.807) is 13.2 Å². The van der Waals surface area contributed by atoms with Gasteiger partial charge in [0, 0.05) is 7.11 Å². The van der Waals surface area contributed by atoms with E-state index < -0.39 is 0 Å². The molecular weight excluding hydrogens is 283 g/mol. The Hall–Kier alpha value is -0.320. The fraction of sp³-hybridized carbons (Fsp3) is 0.571. The minimum atomic E-state index is -0.0119. The fourth-order valence-corrected chi connectivity index (χ4v) is 2.62. The number of nitrogens with one attached hydrogen (secondary N) is 1. The maximum absolute atomic E-state index is 6.03. The Morgan fingerprint density at radius 1 is 1.26 bits per heavy atom. The third kappa shape index (κ3) is 4.62. The number of methoxy groups -OCH3 is 1.